The lowest BCUT2D eigenvalue weighted by Gasteiger charge is -2.17. The Morgan fingerprint density at radius 1 is 1.29 bits per heavy atom. The molecule has 0 bridgehead atoms. The lowest BCUT2D eigenvalue weighted by Crippen LogP contribution is -2.13. The molecular formula is C13H12Cl2O2. The van der Waals surface area contributed by atoms with Crippen LogP contribution in [0.15, 0.2) is 28.9 Å². The summed E-state index contributed by atoms with van der Waals surface area (Å²) >= 11 is 11.7. The molecule has 1 aromatic heterocycles. The molecule has 1 heterocycles. The van der Waals surface area contributed by atoms with Gasteiger partial charge in [0.1, 0.15) is 0 Å². The summed E-state index contributed by atoms with van der Waals surface area (Å²) in [7, 11) is 0. The van der Waals surface area contributed by atoms with Crippen LogP contribution in [0.5, 0.6) is 0 Å². The lowest BCUT2D eigenvalue weighted by atomic mass is 9.88. The van der Waals surface area contributed by atoms with E-state index in [0.29, 0.717) is 10.6 Å². The van der Waals surface area contributed by atoms with Gasteiger partial charge >= 0.3 is 0 Å². The minimum Gasteiger partial charge on any atom is -0.463 e. The molecule has 0 aliphatic carbocycles. The van der Waals surface area contributed by atoms with Crippen LogP contribution in [0, 0.1) is 5.92 Å². The Hall–Kier alpha value is -0.990. The summed E-state index contributed by atoms with van der Waals surface area (Å²) < 4.78 is 5.31. The molecule has 0 aliphatic heterocycles. The van der Waals surface area contributed by atoms with Crippen LogP contribution in [-0.2, 0) is 4.79 Å². The van der Waals surface area contributed by atoms with Gasteiger partial charge in [-0.1, -0.05) is 31.5 Å². The van der Waals surface area contributed by atoms with E-state index in [1.807, 2.05) is 26.0 Å². The van der Waals surface area contributed by atoms with Crippen molar-refractivity contribution in [1.82, 2.24) is 0 Å². The molecule has 0 N–H and O–H groups in total. The zero-order chi connectivity index (χ0) is 12.6. The van der Waals surface area contributed by atoms with Crippen LogP contribution in [0.3, 0.4) is 0 Å². The average molecular weight is 271 g/mol. The Kier molecular flexibility index (Phi) is 3.45. The van der Waals surface area contributed by atoms with E-state index in [2.05, 4.69) is 0 Å². The van der Waals surface area contributed by atoms with E-state index >= 15 is 0 Å². The molecule has 0 radical (unpaired) electrons. The summed E-state index contributed by atoms with van der Waals surface area (Å²) in [5.41, 5.74) is 1.47. The fourth-order valence-electron chi connectivity index (χ4n) is 2.06. The maximum Gasteiger partial charge on any atom is 0.229 e. The summed E-state index contributed by atoms with van der Waals surface area (Å²) in [6.07, 6.45) is 1.57. The number of carbonyl (C=O) groups is 1. The second kappa shape index (κ2) is 4.71. The van der Waals surface area contributed by atoms with E-state index < -0.39 is 0 Å². The fourth-order valence-corrected chi connectivity index (χ4v) is 2.64. The Labute approximate surface area is 110 Å². The lowest BCUT2D eigenvalue weighted by molar-refractivity contribution is -0.113. The first kappa shape index (κ1) is 12.5. The predicted octanol–water partition coefficient (Wildman–Crippen LogP) is 4.59. The molecule has 0 spiro atoms. The van der Waals surface area contributed by atoms with Crippen LogP contribution in [0.25, 0.3) is 11.0 Å². The highest BCUT2D eigenvalue weighted by atomic mass is 35.5. The van der Waals surface area contributed by atoms with Crippen molar-refractivity contribution >= 4 is 39.4 Å². The molecule has 1 atom stereocenters. The molecule has 2 aromatic rings. The third-order valence-corrected chi connectivity index (χ3v) is 3.38. The van der Waals surface area contributed by atoms with Crippen molar-refractivity contribution in [1.29, 1.82) is 0 Å². The Balaban J connectivity index is 2.65. The zero-order valence-corrected chi connectivity index (χ0v) is 11.0. The Morgan fingerprint density at radius 3 is 2.59 bits per heavy atom. The molecule has 2 rings (SSSR count). The van der Waals surface area contributed by atoms with E-state index in [-0.39, 0.29) is 17.1 Å². The van der Waals surface area contributed by atoms with Gasteiger partial charge in [0.2, 0.25) is 5.24 Å². The van der Waals surface area contributed by atoms with Gasteiger partial charge in [-0.25, -0.2) is 0 Å². The second-order valence-electron chi connectivity index (χ2n) is 4.33. The van der Waals surface area contributed by atoms with E-state index in [9.17, 15) is 4.79 Å². The quantitative estimate of drug-likeness (QED) is 0.764. The first-order valence-corrected chi connectivity index (χ1v) is 6.13. The first-order chi connectivity index (χ1) is 8.02. The van der Waals surface area contributed by atoms with Crippen molar-refractivity contribution in [2.24, 2.45) is 5.92 Å². The number of hydrogen-bond acceptors (Lipinski definition) is 2. The molecule has 17 heavy (non-hydrogen) atoms. The minimum atomic E-state index is -0.357. The van der Waals surface area contributed by atoms with Crippen molar-refractivity contribution in [3.63, 3.8) is 0 Å². The molecule has 0 amide bonds. The predicted molar refractivity (Wildman–Crippen MR) is 69.7 cm³/mol. The van der Waals surface area contributed by atoms with Crippen molar-refractivity contribution < 1.29 is 9.21 Å². The fraction of sp³-hybridized carbons (Fsp3) is 0.308. The monoisotopic (exact) mass is 270 g/mol. The van der Waals surface area contributed by atoms with Gasteiger partial charge in [-0.05, 0) is 35.2 Å². The zero-order valence-electron chi connectivity index (χ0n) is 9.54. The van der Waals surface area contributed by atoms with Gasteiger partial charge in [-0.3, -0.25) is 4.79 Å². The number of carbonyl (C=O) groups excluding carboxylic acids is 1. The molecule has 1 aromatic carbocycles. The van der Waals surface area contributed by atoms with E-state index in [1.54, 1.807) is 12.3 Å². The van der Waals surface area contributed by atoms with Gasteiger partial charge in [-0.2, -0.15) is 0 Å². The van der Waals surface area contributed by atoms with Gasteiger partial charge in [0.05, 0.1) is 17.2 Å². The van der Waals surface area contributed by atoms with Gasteiger partial charge in [0, 0.05) is 5.39 Å². The number of hydrogen-bond donors (Lipinski definition) is 0. The smallest absolute Gasteiger partial charge is 0.229 e. The van der Waals surface area contributed by atoms with Crippen LogP contribution in [0.2, 0.25) is 5.02 Å². The summed E-state index contributed by atoms with van der Waals surface area (Å²) in [6.45, 7) is 3.93. The van der Waals surface area contributed by atoms with Crippen LogP contribution < -0.4 is 0 Å². The standard InChI is InChI=1S/C13H12Cl2O2/c1-7(2)11(13(15)16)8-3-4-10(14)12-9(8)5-6-17-12/h3-7,11H,1-2H3. The molecule has 2 nitrogen and oxygen atoms in total. The number of fused-ring (bicyclic) bond motifs is 1. The van der Waals surface area contributed by atoms with Gasteiger partial charge in [0.15, 0.2) is 5.58 Å². The number of halogens is 2. The maximum atomic E-state index is 11.5. The third kappa shape index (κ3) is 2.20. The van der Waals surface area contributed by atoms with E-state index in [0.717, 1.165) is 10.9 Å². The highest BCUT2D eigenvalue weighted by Crippen LogP contribution is 2.35. The normalized spacial score (nSPS) is 13.2. The number of rotatable bonds is 3. The van der Waals surface area contributed by atoms with Crippen molar-refractivity contribution in [2.45, 2.75) is 19.8 Å². The Bertz CT molecular complexity index is 558. The molecule has 90 valence electrons. The van der Waals surface area contributed by atoms with Gasteiger partial charge in [0.25, 0.3) is 0 Å². The van der Waals surface area contributed by atoms with Gasteiger partial charge < -0.3 is 4.42 Å². The minimum absolute atomic E-state index is 0.124. The topological polar surface area (TPSA) is 30.2 Å². The largest absolute Gasteiger partial charge is 0.463 e. The van der Waals surface area contributed by atoms with Crippen molar-refractivity contribution in [3.8, 4) is 0 Å². The highest BCUT2D eigenvalue weighted by molar-refractivity contribution is 6.64. The summed E-state index contributed by atoms with van der Waals surface area (Å²) in [5.74, 6) is -0.215. The third-order valence-electron chi connectivity index (χ3n) is 2.85. The van der Waals surface area contributed by atoms with Crippen LogP contribution in [0.1, 0.15) is 25.3 Å². The first-order valence-electron chi connectivity index (χ1n) is 5.37. The highest BCUT2D eigenvalue weighted by Gasteiger charge is 2.25. The molecule has 4 heteroatoms. The van der Waals surface area contributed by atoms with Crippen molar-refractivity contribution in [3.05, 3.63) is 35.0 Å². The Morgan fingerprint density at radius 2 is 2.00 bits per heavy atom. The number of furan rings is 1. The van der Waals surface area contributed by atoms with E-state index in [4.69, 9.17) is 27.6 Å². The van der Waals surface area contributed by atoms with E-state index in [1.165, 1.54) is 0 Å². The van der Waals surface area contributed by atoms with Crippen LogP contribution in [0.4, 0.5) is 0 Å². The molecular weight excluding hydrogens is 259 g/mol. The summed E-state index contributed by atoms with van der Waals surface area (Å²) in [4.78, 5) is 11.5. The van der Waals surface area contributed by atoms with Gasteiger partial charge in [-0.15, -0.1) is 0 Å². The molecule has 0 saturated heterocycles. The molecule has 1 unspecified atom stereocenters. The van der Waals surface area contributed by atoms with Crippen molar-refractivity contribution in [2.75, 3.05) is 0 Å². The SMILES string of the molecule is CC(C)C(C(=O)Cl)c1ccc(Cl)c2occc12. The second-order valence-corrected chi connectivity index (χ2v) is 5.11. The van der Waals surface area contributed by atoms with Crippen LogP contribution in [-0.4, -0.2) is 5.24 Å². The van der Waals surface area contributed by atoms with Crippen LogP contribution >= 0.6 is 23.2 Å². The molecule has 0 aliphatic rings. The molecule has 0 saturated carbocycles. The molecule has 0 fully saturated rings. The maximum absolute atomic E-state index is 11.5. The summed E-state index contributed by atoms with van der Waals surface area (Å²) in [6, 6.07) is 5.38. The average Bonchev–Trinajstić information content (AvgIpc) is 2.70. The number of benzene rings is 1. The summed E-state index contributed by atoms with van der Waals surface area (Å²) in [5, 5.41) is 1.04.